The first-order valence-corrected chi connectivity index (χ1v) is 8.65. The zero-order valence-electron chi connectivity index (χ0n) is 15.4. The van der Waals surface area contributed by atoms with Crippen molar-refractivity contribution in [1.82, 2.24) is 9.88 Å². The monoisotopic (exact) mass is 345 g/mol. The maximum absolute atomic E-state index is 10.4. The largest absolute Gasteiger partial charge is 0.497 e. The molecule has 0 radical (unpaired) electrons. The van der Waals surface area contributed by atoms with Crippen molar-refractivity contribution in [3.05, 3.63) is 71.9 Å². The molecule has 1 atom stereocenters. The smallest absolute Gasteiger partial charge is 0.119 e. The van der Waals surface area contributed by atoms with Crippen LogP contribution in [0.4, 0.5) is 0 Å². The standard InChI is InChI=1S/C22H23N3O/c1-25(2)14-12-22(16-23,17-7-5-4-6-8-17)20-11-13-24-21-10-9-18(26-3)15-19(20)21/h4-11,13,15H,12,14H2,1-3H3. The van der Waals surface area contributed by atoms with Crippen molar-refractivity contribution in [3.8, 4) is 11.8 Å². The summed E-state index contributed by atoms with van der Waals surface area (Å²) in [5.41, 5.74) is 2.08. The molecule has 0 aliphatic heterocycles. The molecule has 132 valence electrons. The summed E-state index contributed by atoms with van der Waals surface area (Å²) in [6.07, 6.45) is 2.48. The van der Waals surface area contributed by atoms with Crippen molar-refractivity contribution in [2.75, 3.05) is 27.7 Å². The lowest BCUT2D eigenvalue weighted by Gasteiger charge is -2.30. The van der Waals surface area contributed by atoms with Crippen LogP contribution in [0.1, 0.15) is 17.5 Å². The molecule has 0 aliphatic rings. The van der Waals surface area contributed by atoms with Gasteiger partial charge in [-0.05, 0) is 62.5 Å². The molecular weight excluding hydrogens is 322 g/mol. The molecule has 1 aromatic heterocycles. The molecule has 2 aromatic carbocycles. The summed E-state index contributed by atoms with van der Waals surface area (Å²) in [5, 5.41) is 11.3. The molecule has 1 heterocycles. The van der Waals surface area contributed by atoms with E-state index in [2.05, 4.69) is 16.0 Å². The second-order valence-corrected chi connectivity index (χ2v) is 6.68. The summed E-state index contributed by atoms with van der Waals surface area (Å²) in [7, 11) is 5.71. The van der Waals surface area contributed by atoms with Crippen molar-refractivity contribution < 1.29 is 4.74 Å². The highest BCUT2D eigenvalue weighted by molar-refractivity contribution is 5.86. The molecule has 0 fully saturated rings. The fraction of sp³-hybridized carbons (Fsp3) is 0.273. The number of pyridine rings is 1. The Bertz CT molecular complexity index is 931. The van der Waals surface area contributed by atoms with Crippen LogP contribution in [0.5, 0.6) is 5.75 Å². The minimum atomic E-state index is -0.751. The van der Waals surface area contributed by atoms with E-state index in [4.69, 9.17) is 4.74 Å². The van der Waals surface area contributed by atoms with Gasteiger partial charge in [-0.2, -0.15) is 5.26 Å². The summed E-state index contributed by atoms with van der Waals surface area (Å²) in [4.78, 5) is 6.59. The molecule has 3 rings (SSSR count). The van der Waals surface area contributed by atoms with Gasteiger partial charge < -0.3 is 9.64 Å². The van der Waals surface area contributed by atoms with E-state index in [1.165, 1.54) is 0 Å². The first-order chi connectivity index (χ1) is 12.6. The Morgan fingerprint density at radius 1 is 1.12 bits per heavy atom. The van der Waals surface area contributed by atoms with E-state index >= 15 is 0 Å². The molecule has 0 amide bonds. The van der Waals surface area contributed by atoms with Gasteiger partial charge in [0.25, 0.3) is 0 Å². The van der Waals surface area contributed by atoms with E-state index in [0.717, 1.165) is 34.3 Å². The fourth-order valence-electron chi connectivity index (χ4n) is 3.35. The minimum absolute atomic E-state index is 0.691. The number of hydrogen-bond acceptors (Lipinski definition) is 4. The number of fused-ring (bicyclic) bond motifs is 1. The van der Waals surface area contributed by atoms with Gasteiger partial charge in [0.1, 0.15) is 11.2 Å². The SMILES string of the molecule is COc1ccc2nccc(C(C#N)(CCN(C)C)c3ccccc3)c2c1. The Morgan fingerprint density at radius 2 is 1.88 bits per heavy atom. The van der Waals surface area contributed by atoms with Crippen LogP contribution in [0.25, 0.3) is 10.9 Å². The predicted molar refractivity (Wildman–Crippen MR) is 104 cm³/mol. The topological polar surface area (TPSA) is 49.1 Å². The summed E-state index contributed by atoms with van der Waals surface area (Å²) in [6, 6.07) is 20.4. The van der Waals surface area contributed by atoms with E-state index in [1.807, 2.05) is 68.7 Å². The number of ether oxygens (including phenoxy) is 1. The summed E-state index contributed by atoms with van der Waals surface area (Å²) < 4.78 is 5.41. The Labute approximate surface area is 154 Å². The zero-order valence-corrected chi connectivity index (χ0v) is 15.4. The number of aromatic nitrogens is 1. The average molecular weight is 345 g/mol. The number of nitrogens with zero attached hydrogens (tertiary/aromatic N) is 3. The second kappa shape index (κ2) is 7.55. The van der Waals surface area contributed by atoms with E-state index < -0.39 is 5.41 Å². The maximum atomic E-state index is 10.4. The number of rotatable bonds is 6. The molecule has 3 aromatic rings. The maximum Gasteiger partial charge on any atom is 0.119 e. The van der Waals surface area contributed by atoms with Crippen molar-refractivity contribution >= 4 is 10.9 Å². The van der Waals surface area contributed by atoms with Crippen LogP contribution in [0, 0.1) is 11.3 Å². The summed E-state index contributed by atoms with van der Waals surface area (Å²) in [5.74, 6) is 0.763. The number of benzene rings is 2. The third-order valence-electron chi connectivity index (χ3n) is 4.80. The first-order valence-electron chi connectivity index (χ1n) is 8.65. The van der Waals surface area contributed by atoms with Crippen LogP contribution < -0.4 is 4.74 Å². The highest BCUT2D eigenvalue weighted by atomic mass is 16.5. The zero-order chi connectivity index (χ0) is 18.6. The molecule has 4 heteroatoms. The van der Waals surface area contributed by atoms with Crippen LogP contribution in [0.15, 0.2) is 60.8 Å². The van der Waals surface area contributed by atoms with Gasteiger partial charge in [0.15, 0.2) is 0 Å². The number of hydrogen-bond donors (Lipinski definition) is 0. The van der Waals surface area contributed by atoms with Gasteiger partial charge in [-0.1, -0.05) is 30.3 Å². The van der Waals surface area contributed by atoms with Gasteiger partial charge >= 0.3 is 0 Å². The molecule has 26 heavy (non-hydrogen) atoms. The van der Waals surface area contributed by atoms with E-state index in [1.54, 1.807) is 13.3 Å². The van der Waals surface area contributed by atoms with Gasteiger partial charge in [-0.3, -0.25) is 4.98 Å². The second-order valence-electron chi connectivity index (χ2n) is 6.68. The molecule has 1 unspecified atom stereocenters. The molecule has 0 saturated carbocycles. The van der Waals surface area contributed by atoms with Crippen molar-refractivity contribution in [2.45, 2.75) is 11.8 Å². The van der Waals surface area contributed by atoms with Crippen molar-refractivity contribution in [1.29, 1.82) is 5.26 Å². The van der Waals surface area contributed by atoms with Gasteiger partial charge in [-0.25, -0.2) is 0 Å². The minimum Gasteiger partial charge on any atom is -0.497 e. The lowest BCUT2D eigenvalue weighted by Crippen LogP contribution is -2.31. The molecule has 0 aliphatic carbocycles. The summed E-state index contributed by atoms with van der Waals surface area (Å²) >= 11 is 0. The number of nitriles is 1. The van der Waals surface area contributed by atoms with Crippen LogP contribution in [-0.2, 0) is 5.41 Å². The van der Waals surface area contributed by atoms with Gasteiger partial charge in [0, 0.05) is 11.6 Å². The van der Waals surface area contributed by atoms with E-state index in [0.29, 0.717) is 6.42 Å². The van der Waals surface area contributed by atoms with Crippen molar-refractivity contribution in [2.24, 2.45) is 0 Å². The molecule has 0 N–H and O–H groups in total. The highest BCUT2D eigenvalue weighted by Crippen LogP contribution is 2.39. The molecule has 0 spiro atoms. The van der Waals surface area contributed by atoms with Crippen LogP contribution in [0.3, 0.4) is 0 Å². The average Bonchev–Trinajstić information content (AvgIpc) is 2.69. The predicted octanol–water partition coefficient (Wildman–Crippen LogP) is 4.00. The lowest BCUT2D eigenvalue weighted by molar-refractivity contribution is 0.372. The first kappa shape index (κ1) is 17.9. The van der Waals surface area contributed by atoms with Crippen LogP contribution in [0.2, 0.25) is 0 Å². The third kappa shape index (κ3) is 3.26. The van der Waals surface area contributed by atoms with E-state index in [9.17, 15) is 5.26 Å². The van der Waals surface area contributed by atoms with Crippen LogP contribution in [-0.4, -0.2) is 37.6 Å². The van der Waals surface area contributed by atoms with Gasteiger partial charge in [0.05, 0.1) is 18.7 Å². The lowest BCUT2D eigenvalue weighted by atomic mass is 9.72. The molecule has 0 bridgehead atoms. The molecule has 0 saturated heterocycles. The summed E-state index contributed by atoms with van der Waals surface area (Å²) in [6.45, 7) is 0.802. The van der Waals surface area contributed by atoms with Crippen LogP contribution >= 0.6 is 0 Å². The number of methoxy groups -OCH3 is 1. The molecular formula is C22H23N3O. The Kier molecular flexibility index (Phi) is 5.20. The fourth-order valence-corrected chi connectivity index (χ4v) is 3.35. The Balaban J connectivity index is 2.28. The van der Waals surface area contributed by atoms with Gasteiger partial charge in [0.2, 0.25) is 0 Å². The van der Waals surface area contributed by atoms with E-state index in [-0.39, 0.29) is 0 Å². The quantitative estimate of drug-likeness (QED) is 0.677. The Hall–Kier alpha value is -2.90. The normalized spacial score (nSPS) is 13.3. The van der Waals surface area contributed by atoms with Gasteiger partial charge in [-0.15, -0.1) is 0 Å². The highest BCUT2D eigenvalue weighted by Gasteiger charge is 2.36. The van der Waals surface area contributed by atoms with Crippen molar-refractivity contribution in [3.63, 3.8) is 0 Å². The third-order valence-corrected chi connectivity index (χ3v) is 4.80. The Morgan fingerprint density at radius 3 is 2.54 bits per heavy atom. The molecule has 4 nitrogen and oxygen atoms in total.